The van der Waals surface area contributed by atoms with E-state index in [0.29, 0.717) is 0 Å². The van der Waals surface area contributed by atoms with Crippen LogP contribution in [0.15, 0.2) is 36.8 Å². The van der Waals surface area contributed by atoms with E-state index in [9.17, 15) is 0 Å². The lowest BCUT2D eigenvalue weighted by Gasteiger charge is -2.04. The molecule has 0 N–H and O–H groups in total. The van der Waals surface area contributed by atoms with Gasteiger partial charge < -0.3 is 0 Å². The van der Waals surface area contributed by atoms with E-state index in [1.807, 2.05) is 18.6 Å². The predicted octanol–water partition coefficient (Wildman–Crippen LogP) is 3.40. The Balaban J connectivity index is 2.49. The fourth-order valence-electron chi connectivity index (χ4n) is 2.05. The number of pyridine rings is 2. The van der Waals surface area contributed by atoms with Gasteiger partial charge in [-0.3, -0.25) is 9.97 Å². The molecule has 0 aliphatic heterocycles. The van der Waals surface area contributed by atoms with Crippen LogP contribution in [-0.2, 0) is 0 Å². The standard InChI is InChI=1S/C14H12N2/c1-9-3-11-4-13-10(2)7-15-8-12(13)5-14(11)16-6-9/h3-8H,1-2H3. The Morgan fingerprint density at radius 1 is 0.875 bits per heavy atom. The minimum atomic E-state index is 1.03. The van der Waals surface area contributed by atoms with Crippen molar-refractivity contribution in [3.63, 3.8) is 0 Å². The van der Waals surface area contributed by atoms with Crippen molar-refractivity contribution in [1.29, 1.82) is 0 Å². The fraction of sp³-hybridized carbons (Fsp3) is 0.143. The Morgan fingerprint density at radius 3 is 2.62 bits per heavy atom. The van der Waals surface area contributed by atoms with Gasteiger partial charge in [-0.05, 0) is 48.6 Å². The number of rotatable bonds is 0. The van der Waals surface area contributed by atoms with Gasteiger partial charge in [0.1, 0.15) is 0 Å². The van der Waals surface area contributed by atoms with Crippen LogP contribution in [0.3, 0.4) is 0 Å². The van der Waals surface area contributed by atoms with Crippen molar-refractivity contribution in [3.8, 4) is 0 Å². The number of hydrogen-bond donors (Lipinski definition) is 0. The van der Waals surface area contributed by atoms with E-state index in [1.165, 1.54) is 21.9 Å². The molecule has 3 rings (SSSR count). The first-order chi connectivity index (χ1) is 7.74. The SMILES string of the molecule is Cc1cnc2cc3cncc(C)c3cc2c1. The van der Waals surface area contributed by atoms with E-state index in [2.05, 4.69) is 42.0 Å². The molecular weight excluding hydrogens is 196 g/mol. The second-order valence-corrected chi connectivity index (χ2v) is 4.24. The lowest BCUT2D eigenvalue weighted by Crippen LogP contribution is -1.85. The van der Waals surface area contributed by atoms with Crippen LogP contribution in [0.25, 0.3) is 21.7 Å². The van der Waals surface area contributed by atoms with Gasteiger partial charge in [0.25, 0.3) is 0 Å². The number of benzene rings is 1. The maximum atomic E-state index is 4.43. The fourth-order valence-corrected chi connectivity index (χ4v) is 2.05. The number of hydrogen-bond acceptors (Lipinski definition) is 2. The van der Waals surface area contributed by atoms with Crippen LogP contribution in [0.1, 0.15) is 11.1 Å². The molecule has 0 aliphatic carbocycles. The number of nitrogens with zero attached hydrogens (tertiary/aromatic N) is 2. The number of aromatic nitrogens is 2. The molecule has 16 heavy (non-hydrogen) atoms. The molecule has 0 fully saturated rings. The Labute approximate surface area is 94.0 Å². The molecule has 0 unspecified atom stereocenters. The van der Waals surface area contributed by atoms with E-state index in [0.717, 1.165) is 10.9 Å². The predicted molar refractivity (Wildman–Crippen MR) is 66.5 cm³/mol. The van der Waals surface area contributed by atoms with E-state index >= 15 is 0 Å². The summed E-state index contributed by atoms with van der Waals surface area (Å²) in [6.45, 7) is 4.15. The first kappa shape index (κ1) is 9.28. The largest absolute Gasteiger partial charge is 0.264 e. The highest BCUT2D eigenvalue weighted by Gasteiger charge is 2.01. The highest BCUT2D eigenvalue weighted by Crippen LogP contribution is 2.23. The van der Waals surface area contributed by atoms with Crippen LogP contribution in [-0.4, -0.2) is 9.97 Å². The van der Waals surface area contributed by atoms with Gasteiger partial charge in [0, 0.05) is 29.4 Å². The molecule has 3 aromatic rings. The highest BCUT2D eigenvalue weighted by molar-refractivity contribution is 5.97. The maximum absolute atomic E-state index is 4.43. The van der Waals surface area contributed by atoms with Crippen LogP contribution in [0.2, 0.25) is 0 Å². The summed E-state index contributed by atoms with van der Waals surface area (Å²) in [4.78, 5) is 8.64. The molecular formula is C14H12N2. The Hall–Kier alpha value is -1.96. The average Bonchev–Trinajstić information content (AvgIpc) is 2.28. The molecule has 0 atom stereocenters. The van der Waals surface area contributed by atoms with Crippen molar-refractivity contribution in [3.05, 3.63) is 47.9 Å². The zero-order valence-electron chi connectivity index (χ0n) is 9.36. The average molecular weight is 208 g/mol. The van der Waals surface area contributed by atoms with Gasteiger partial charge in [-0.25, -0.2) is 0 Å². The molecule has 1 aromatic carbocycles. The van der Waals surface area contributed by atoms with Gasteiger partial charge >= 0.3 is 0 Å². The lowest BCUT2D eigenvalue weighted by atomic mass is 10.0. The van der Waals surface area contributed by atoms with Gasteiger partial charge in [-0.1, -0.05) is 0 Å². The summed E-state index contributed by atoms with van der Waals surface area (Å²) in [7, 11) is 0. The molecule has 0 amide bonds. The molecule has 0 aliphatic rings. The Kier molecular flexibility index (Phi) is 1.90. The van der Waals surface area contributed by atoms with Crippen LogP contribution < -0.4 is 0 Å². The molecule has 2 heteroatoms. The van der Waals surface area contributed by atoms with Crippen molar-refractivity contribution >= 4 is 21.7 Å². The summed E-state index contributed by atoms with van der Waals surface area (Å²) in [5, 5.41) is 3.61. The third kappa shape index (κ3) is 1.34. The quantitative estimate of drug-likeness (QED) is 0.529. The number of fused-ring (bicyclic) bond motifs is 2. The minimum absolute atomic E-state index is 1.03. The van der Waals surface area contributed by atoms with Crippen LogP contribution >= 0.6 is 0 Å². The monoisotopic (exact) mass is 208 g/mol. The van der Waals surface area contributed by atoms with Crippen molar-refractivity contribution in [2.24, 2.45) is 0 Å². The Morgan fingerprint density at radius 2 is 1.75 bits per heavy atom. The third-order valence-electron chi connectivity index (χ3n) is 2.90. The molecule has 78 valence electrons. The Bertz CT molecular complexity index is 687. The summed E-state index contributed by atoms with van der Waals surface area (Å²) in [6.07, 6.45) is 5.69. The van der Waals surface area contributed by atoms with Crippen molar-refractivity contribution in [2.75, 3.05) is 0 Å². The molecule has 0 saturated heterocycles. The van der Waals surface area contributed by atoms with Crippen molar-refractivity contribution in [1.82, 2.24) is 9.97 Å². The van der Waals surface area contributed by atoms with Gasteiger partial charge in [-0.15, -0.1) is 0 Å². The molecule has 0 radical (unpaired) electrons. The van der Waals surface area contributed by atoms with Crippen LogP contribution in [0, 0.1) is 13.8 Å². The second-order valence-electron chi connectivity index (χ2n) is 4.24. The van der Waals surface area contributed by atoms with E-state index in [-0.39, 0.29) is 0 Å². The van der Waals surface area contributed by atoms with E-state index < -0.39 is 0 Å². The lowest BCUT2D eigenvalue weighted by molar-refractivity contribution is 1.30. The molecule has 2 heterocycles. The molecule has 0 saturated carbocycles. The van der Waals surface area contributed by atoms with E-state index in [1.54, 1.807) is 0 Å². The summed E-state index contributed by atoms with van der Waals surface area (Å²) < 4.78 is 0. The van der Waals surface area contributed by atoms with Gasteiger partial charge in [0.15, 0.2) is 0 Å². The summed E-state index contributed by atoms with van der Waals surface area (Å²) >= 11 is 0. The summed E-state index contributed by atoms with van der Waals surface area (Å²) in [5.41, 5.74) is 3.44. The zero-order chi connectivity index (χ0) is 11.1. The first-order valence-electron chi connectivity index (χ1n) is 5.35. The van der Waals surface area contributed by atoms with Crippen molar-refractivity contribution < 1.29 is 0 Å². The van der Waals surface area contributed by atoms with Crippen molar-refractivity contribution in [2.45, 2.75) is 13.8 Å². The van der Waals surface area contributed by atoms with Gasteiger partial charge in [-0.2, -0.15) is 0 Å². The smallest absolute Gasteiger partial charge is 0.0709 e. The van der Waals surface area contributed by atoms with E-state index in [4.69, 9.17) is 0 Å². The summed E-state index contributed by atoms with van der Waals surface area (Å²) in [6, 6.07) is 6.47. The van der Waals surface area contributed by atoms with Gasteiger partial charge in [0.2, 0.25) is 0 Å². The third-order valence-corrected chi connectivity index (χ3v) is 2.90. The highest BCUT2D eigenvalue weighted by atomic mass is 14.7. The van der Waals surface area contributed by atoms with Crippen LogP contribution in [0.5, 0.6) is 0 Å². The molecule has 0 spiro atoms. The minimum Gasteiger partial charge on any atom is -0.264 e. The number of aryl methyl sites for hydroxylation is 2. The van der Waals surface area contributed by atoms with Gasteiger partial charge in [0.05, 0.1) is 5.52 Å². The molecule has 2 aromatic heterocycles. The first-order valence-corrected chi connectivity index (χ1v) is 5.35. The second kappa shape index (κ2) is 3.27. The molecule has 2 nitrogen and oxygen atoms in total. The normalized spacial score (nSPS) is 11.1. The zero-order valence-corrected chi connectivity index (χ0v) is 9.36. The maximum Gasteiger partial charge on any atom is 0.0709 e. The topological polar surface area (TPSA) is 25.8 Å². The summed E-state index contributed by atoms with van der Waals surface area (Å²) in [5.74, 6) is 0. The molecule has 0 bridgehead atoms. The van der Waals surface area contributed by atoms with Crippen LogP contribution in [0.4, 0.5) is 0 Å².